The van der Waals surface area contributed by atoms with Crippen LogP contribution in [0.25, 0.3) is 0 Å². The highest BCUT2D eigenvalue weighted by Crippen LogP contribution is 2.21. The summed E-state index contributed by atoms with van der Waals surface area (Å²) in [6.07, 6.45) is 3.85. The number of allylic oxidation sites excluding steroid dienone is 1. The molecule has 1 heteroatoms. The summed E-state index contributed by atoms with van der Waals surface area (Å²) < 4.78 is 0. The van der Waals surface area contributed by atoms with Crippen LogP contribution in [0.4, 0.5) is 0 Å². The minimum atomic E-state index is 0.714. The fourth-order valence-electron chi connectivity index (χ4n) is 1.28. The van der Waals surface area contributed by atoms with Crippen molar-refractivity contribution in [1.82, 2.24) is 4.90 Å². The molecule has 0 aromatic heterocycles. The van der Waals surface area contributed by atoms with Gasteiger partial charge in [-0.25, -0.2) is 0 Å². The molecule has 1 unspecified atom stereocenters. The number of hydrogen-bond donors (Lipinski definition) is 0. The first-order chi connectivity index (χ1) is 7.22. The standard InChI is InChI=1S/C8H15N.3C2H6/c1-7-5-4-6-8(2)9(7)3;3*1-2/h8H,1,4-6H2,2-3H3;3*1-2H3. The Morgan fingerprint density at radius 2 is 1.47 bits per heavy atom. The van der Waals surface area contributed by atoms with Gasteiger partial charge in [0.25, 0.3) is 0 Å². The van der Waals surface area contributed by atoms with Crippen LogP contribution in [0.3, 0.4) is 0 Å². The van der Waals surface area contributed by atoms with Crippen LogP contribution >= 0.6 is 0 Å². The molecule has 0 saturated carbocycles. The van der Waals surface area contributed by atoms with Gasteiger partial charge in [0.15, 0.2) is 0 Å². The second-order valence-electron chi connectivity index (χ2n) is 2.92. The monoisotopic (exact) mass is 215 g/mol. The molecule has 1 aliphatic heterocycles. The Labute approximate surface area is 98.6 Å². The zero-order chi connectivity index (χ0) is 12.9. The van der Waals surface area contributed by atoms with E-state index in [0.29, 0.717) is 6.04 Å². The summed E-state index contributed by atoms with van der Waals surface area (Å²) in [5.74, 6) is 0. The zero-order valence-electron chi connectivity index (χ0n) is 12.4. The van der Waals surface area contributed by atoms with Crippen molar-refractivity contribution in [2.45, 2.75) is 73.8 Å². The Bertz CT molecular complexity index is 119. The van der Waals surface area contributed by atoms with Gasteiger partial charge < -0.3 is 4.90 Å². The minimum Gasteiger partial charge on any atom is -0.376 e. The first-order valence-electron chi connectivity index (χ1n) is 6.62. The normalized spacial score (nSPS) is 18.5. The van der Waals surface area contributed by atoms with Gasteiger partial charge >= 0.3 is 0 Å². The van der Waals surface area contributed by atoms with Crippen molar-refractivity contribution in [2.75, 3.05) is 7.05 Å². The second kappa shape index (κ2) is 16.0. The van der Waals surface area contributed by atoms with Crippen molar-refractivity contribution in [1.29, 1.82) is 0 Å². The van der Waals surface area contributed by atoms with E-state index in [0.717, 1.165) is 0 Å². The molecule has 0 amide bonds. The van der Waals surface area contributed by atoms with Crippen molar-refractivity contribution in [3.8, 4) is 0 Å². The summed E-state index contributed by atoms with van der Waals surface area (Å²) >= 11 is 0. The Morgan fingerprint density at radius 3 is 1.73 bits per heavy atom. The Morgan fingerprint density at radius 1 is 1.07 bits per heavy atom. The quantitative estimate of drug-likeness (QED) is 0.544. The molecule has 0 bridgehead atoms. The van der Waals surface area contributed by atoms with E-state index in [4.69, 9.17) is 0 Å². The lowest BCUT2D eigenvalue weighted by Crippen LogP contribution is -2.31. The van der Waals surface area contributed by atoms with Crippen molar-refractivity contribution in [2.24, 2.45) is 0 Å². The van der Waals surface area contributed by atoms with E-state index in [1.54, 1.807) is 0 Å². The Kier molecular flexibility index (Phi) is 21.3. The lowest BCUT2D eigenvalue weighted by Gasteiger charge is -2.33. The summed E-state index contributed by atoms with van der Waals surface area (Å²) in [6, 6.07) is 0.714. The van der Waals surface area contributed by atoms with Crippen molar-refractivity contribution < 1.29 is 0 Å². The predicted octanol–water partition coefficient (Wildman–Crippen LogP) is 5.08. The van der Waals surface area contributed by atoms with Crippen LogP contribution in [0, 0.1) is 0 Å². The molecule has 1 aliphatic rings. The van der Waals surface area contributed by atoms with Crippen molar-refractivity contribution in [3.63, 3.8) is 0 Å². The van der Waals surface area contributed by atoms with E-state index >= 15 is 0 Å². The van der Waals surface area contributed by atoms with Gasteiger partial charge in [0.2, 0.25) is 0 Å². The van der Waals surface area contributed by atoms with E-state index in [1.165, 1.54) is 25.0 Å². The van der Waals surface area contributed by atoms with Gasteiger partial charge in [-0.3, -0.25) is 0 Å². The Hall–Kier alpha value is -0.460. The smallest absolute Gasteiger partial charge is 0.0255 e. The lowest BCUT2D eigenvalue weighted by atomic mass is 10.0. The van der Waals surface area contributed by atoms with Gasteiger partial charge in [-0.1, -0.05) is 48.1 Å². The third-order valence-corrected chi connectivity index (χ3v) is 2.25. The van der Waals surface area contributed by atoms with Crippen molar-refractivity contribution >= 4 is 0 Å². The molecular formula is C14H33N. The lowest BCUT2D eigenvalue weighted by molar-refractivity contribution is 0.258. The molecule has 0 aromatic rings. The molecule has 15 heavy (non-hydrogen) atoms. The molecule has 0 N–H and O–H groups in total. The molecule has 1 fully saturated rings. The van der Waals surface area contributed by atoms with Crippen LogP contribution in [0.15, 0.2) is 12.3 Å². The van der Waals surface area contributed by atoms with E-state index < -0.39 is 0 Å². The minimum absolute atomic E-state index is 0.714. The number of piperidine rings is 1. The maximum Gasteiger partial charge on any atom is 0.0255 e. The second-order valence-corrected chi connectivity index (χ2v) is 2.92. The molecular weight excluding hydrogens is 182 g/mol. The third-order valence-electron chi connectivity index (χ3n) is 2.25. The highest BCUT2D eigenvalue weighted by Gasteiger charge is 2.15. The highest BCUT2D eigenvalue weighted by atomic mass is 15.1. The number of nitrogens with zero attached hydrogens (tertiary/aromatic N) is 1. The molecule has 0 aliphatic carbocycles. The van der Waals surface area contributed by atoms with E-state index in [2.05, 4.69) is 25.5 Å². The molecule has 1 heterocycles. The average Bonchev–Trinajstić information content (AvgIpc) is 2.34. The maximum atomic E-state index is 3.97. The van der Waals surface area contributed by atoms with Crippen LogP contribution in [-0.2, 0) is 0 Å². The van der Waals surface area contributed by atoms with Gasteiger partial charge in [0.05, 0.1) is 0 Å². The first kappa shape index (κ1) is 20.0. The number of likely N-dealkylation sites (tertiary alicyclic amines) is 1. The van der Waals surface area contributed by atoms with E-state index in [1.807, 2.05) is 41.5 Å². The molecule has 0 aromatic carbocycles. The fourth-order valence-corrected chi connectivity index (χ4v) is 1.28. The van der Waals surface area contributed by atoms with Gasteiger partial charge in [0.1, 0.15) is 0 Å². The molecule has 94 valence electrons. The SMILES string of the molecule is C=C1CCCC(C)N1C.CC.CC.CC. The molecule has 0 spiro atoms. The van der Waals surface area contributed by atoms with Gasteiger partial charge in [-0.2, -0.15) is 0 Å². The third kappa shape index (κ3) is 9.84. The van der Waals surface area contributed by atoms with Gasteiger partial charge in [-0.15, -0.1) is 0 Å². The van der Waals surface area contributed by atoms with Gasteiger partial charge in [0, 0.05) is 18.8 Å². The summed E-state index contributed by atoms with van der Waals surface area (Å²) in [6.45, 7) is 18.2. The predicted molar refractivity (Wildman–Crippen MR) is 74.3 cm³/mol. The topological polar surface area (TPSA) is 3.24 Å². The molecule has 1 saturated heterocycles. The summed E-state index contributed by atoms with van der Waals surface area (Å²) in [5, 5.41) is 0. The highest BCUT2D eigenvalue weighted by molar-refractivity contribution is 4.97. The van der Waals surface area contributed by atoms with Crippen molar-refractivity contribution in [3.05, 3.63) is 12.3 Å². The first-order valence-corrected chi connectivity index (χ1v) is 6.62. The van der Waals surface area contributed by atoms with Gasteiger partial charge in [-0.05, 0) is 26.2 Å². The van der Waals surface area contributed by atoms with Crippen LogP contribution in [0.5, 0.6) is 0 Å². The average molecular weight is 215 g/mol. The maximum absolute atomic E-state index is 3.97. The molecule has 1 rings (SSSR count). The zero-order valence-corrected chi connectivity index (χ0v) is 12.4. The number of hydrogen-bond acceptors (Lipinski definition) is 1. The van der Waals surface area contributed by atoms with E-state index in [-0.39, 0.29) is 0 Å². The van der Waals surface area contributed by atoms with Crippen LogP contribution in [0.1, 0.15) is 67.7 Å². The van der Waals surface area contributed by atoms with E-state index in [9.17, 15) is 0 Å². The molecule has 1 nitrogen and oxygen atoms in total. The van der Waals surface area contributed by atoms with Crippen LogP contribution < -0.4 is 0 Å². The fraction of sp³-hybridized carbons (Fsp3) is 0.857. The molecule has 0 radical (unpaired) electrons. The van der Waals surface area contributed by atoms with Crippen LogP contribution in [0.2, 0.25) is 0 Å². The number of rotatable bonds is 0. The van der Waals surface area contributed by atoms with Crippen LogP contribution in [-0.4, -0.2) is 18.0 Å². The summed E-state index contributed by atoms with van der Waals surface area (Å²) in [4.78, 5) is 2.28. The Balaban J connectivity index is -0.000000208. The molecule has 1 atom stereocenters. The summed E-state index contributed by atoms with van der Waals surface area (Å²) in [5.41, 5.74) is 1.30. The largest absolute Gasteiger partial charge is 0.376 e. The summed E-state index contributed by atoms with van der Waals surface area (Å²) in [7, 11) is 2.13.